The third kappa shape index (κ3) is 4.46. The van der Waals surface area contributed by atoms with E-state index in [0.29, 0.717) is 24.2 Å². The Morgan fingerprint density at radius 2 is 1.30 bits per heavy atom. The molecule has 0 aromatic heterocycles. The van der Waals surface area contributed by atoms with E-state index in [1.54, 1.807) is 0 Å². The fraction of sp³-hybridized carbons (Fsp3) is 1.00. The minimum atomic E-state index is 0.261. The summed E-state index contributed by atoms with van der Waals surface area (Å²) in [6.07, 6.45) is 2.58. The van der Waals surface area contributed by atoms with Gasteiger partial charge in [-0.1, -0.05) is 27.7 Å². The predicted molar refractivity (Wildman–Crippen MR) is 90.1 cm³/mol. The summed E-state index contributed by atoms with van der Waals surface area (Å²) in [5.41, 5.74) is 0.261. The third-order valence-electron chi connectivity index (χ3n) is 4.90. The van der Waals surface area contributed by atoms with Crippen molar-refractivity contribution in [3.63, 3.8) is 0 Å². The molecule has 0 aromatic carbocycles. The second-order valence-electron chi connectivity index (χ2n) is 8.55. The van der Waals surface area contributed by atoms with E-state index in [9.17, 15) is 0 Å². The molecule has 2 nitrogen and oxygen atoms in total. The number of nitrogens with zero attached hydrogens (tertiary/aromatic N) is 1. The van der Waals surface area contributed by atoms with Crippen LogP contribution in [-0.2, 0) is 0 Å². The lowest BCUT2D eigenvalue weighted by atomic mass is 9.79. The van der Waals surface area contributed by atoms with Gasteiger partial charge in [0.25, 0.3) is 0 Å². The maximum atomic E-state index is 3.83. The van der Waals surface area contributed by atoms with Gasteiger partial charge in [0.2, 0.25) is 0 Å². The molecule has 0 radical (unpaired) electrons. The van der Waals surface area contributed by atoms with E-state index in [1.165, 1.54) is 12.8 Å². The van der Waals surface area contributed by atoms with Crippen molar-refractivity contribution in [1.29, 1.82) is 0 Å². The molecular weight excluding hydrogens is 244 g/mol. The number of hydrogen-bond donors (Lipinski definition) is 1. The van der Waals surface area contributed by atoms with Crippen LogP contribution in [0.2, 0.25) is 0 Å². The van der Waals surface area contributed by atoms with E-state index in [1.807, 2.05) is 0 Å². The number of rotatable bonds is 2. The topological polar surface area (TPSA) is 15.3 Å². The average molecular weight is 283 g/mol. The molecule has 0 bridgehead atoms. The predicted octanol–water partition coefficient (Wildman–Crippen LogP) is 4.30. The van der Waals surface area contributed by atoms with E-state index in [2.05, 4.69) is 72.5 Å². The van der Waals surface area contributed by atoms with Gasteiger partial charge in [0.05, 0.1) is 0 Å². The quantitative estimate of drug-likeness (QED) is 0.812. The van der Waals surface area contributed by atoms with Gasteiger partial charge in [-0.25, -0.2) is 0 Å². The SMILES string of the molecule is CC(C)NC1C(C)CC(C)N(C(C)(C)C)C(C)CC1C. The summed E-state index contributed by atoms with van der Waals surface area (Å²) in [6, 6.07) is 2.55. The summed E-state index contributed by atoms with van der Waals surface area (Å²) >= 11 is 0. The lowest BCUT2D eigenvalue weighted by Crippen LogP contribution is -2.57. The van der Waals surface area contributed by atoms with Gasteiger partial charge in [-0.2, -0.15) is 0 Å². The highest BCUT2D eigenvalue weighted by atomic mass is 15.2. The molecule has 1 aliphatic heterocycles. The molecular formula is C18H38N2. The van der Waals surface area contributed by atoms with Gasteiger partial charge in [0, 0.05) is 29.7 Å². The van der Waals surface area contributed by atoms with Crippen LogP contribution in [-0.4, -0.2) is 34.6 Å². The van der Waals surface area contributed by atoms with Crippen LogP contribution in [0, 0.1) is 11.8 Å². The summed E-state index contributed by atoms with van der Waals surface area (Å²) in [7, 11) is 0. The molecule has 0 aromatic rings. The molecule has 1 N–H and O–H groups in total. The average Bonchev–Trinajstić information content (AvgIpc) is 2.21. The van der Waals surface area contributed by atoms with Crippen molar-refractivity contribution in [1.82, 2.24) is 10.2 Å². The van der Waals surface area contributed by atoms with Crippen LogP contribution in [0.4, 0.5) is 0 Å². The zero-order valence-corrected chi connectivity index (χ0v) is 15.3. The Morgan fingerprint density at radius 1 is 0.900 bits per heavy atom. The minimum absolute atomic E-state index is 0.261. The monoisotopic (exact) mass is 282 g/mol. The summed E-state index contributed by atoms with van der Waals surface area (Å²) in [6.45, 7) is 21.3. The smallest absolute Gasteiger partial charge is 0.0130 e. The normalized spacial score (nSPS) is 37.8. The van der Waals surface area contributed by atoms with Gasteiger partial charge in [-0.3, -0.25) is 4.90 Å². The zero-order valence-electron chi connectivity index (χ0n) is 15.3. The first-order chi connectivity index (χ1) is 9.04. The molecule has 0 amide bonds. The fourth-order valence-corrected chi connectivity index (χ4v) is 4.63. The van der Waals surface area contributed by atoms with E-state index in [-0.39, 0.29) is 5.54 Å². The second-order valence-corrected chi connectivity index (χ2v) is 8.55. The molecule has 20 heavy (non-hydrogen) atoms. The van der Waals surface area contributed by atoms with E-state index in [4.69, 9.17) is 0 Å². The van der Waals surface area contributed by atoms with Crippen molar-refractivity contribution in [2.75, 3.05) is 0 Å². The Hall–Kier alpha value is -0.0800. The van der Waals surface area contributed by atoms with E-state index in [0.717, 1.165) is 11.8 Å². The molecule has 120 valence electrons. The standard InChI is InChI=1S/C18H38N2/c1-12(2)19-17-13(3)10-15(5)20(18(7,8)9)16(6)11-14(17)4/h12-17,19H,10-11H2,1-9H3. The highest BCUT2D eigenvalue weighted by Gasteiger charge is 2.37. The van der Waals surface area contributed by atoms with Crippen molar-refractivity contribution < 1.29 is 0 Å². The van der Waals surface area contributed by atoms with E-state index >= 15 is 0 Å². The molecule has 4 unspecified atom stereocenters. The first kappa shape index (κ1) is 18.0. The van der Waals surface area contributed by atoms with Crippen LogP contribution in [0.15, 0.2) is 0 Å². The Balaban J connectivity index is 2.93. The Bertz CT molecular complexity index is 274. The van der Waals surface area contributed by atoms with Crippen LogP contribution in [0.5, 0.6) is 0 Å². The van der Waals surface area contributed by atoms with Gasteiger partial charge in [0.1, 0.15) is 0 Å². The first-order valence-corrected chi connectivity index (χ1v) is 8.58. The zero-order chi connectivity index (χ0) is 15.7. The molecule has 1 saturated heterocycles. The highest BCUT2D eigenvalue weighted by Crippen LogP contribution is 2.33. The van der Waals surface area contributed by atoms with Gasteiger partial charge in [-0.15, -0.1) is 0 Å². The lowest BCUT2D eigenvalue weighted by Gasteiger charge is -2.49. The largest absolute Gasteiger partial charge is 0.311 e. The Kier molecular flexibility index (Phi) is 6.10. The summed E-state index contributed by atoms with van der Waals surface area (Å²) in [5, 5.41) is 3.83. The molecule has 1 aliphatic rings. The number of likely N-dealkylation sites (tertiary alicyclic amines) is 1. The van der Waals surface area contributed by atoms with Crippen LogP contribution in [0.25, 0.3) is 0 Å². The Labute approximate surface area is 127 Å². The second kappa shape index (κ2) is 6.79. The summed E-state index contributed by atoms with van der Waals surface area (Å²) in [5.74, 6) is 1.47. The maximum absolute atomic E-state index is 3.83. The molecule has 1 rings (SSSR count). The molecule has 1 fully saturated rings. The van der Waals surface area contributed by atoms with Crippen molar-refractivity contribution in [2.45, 2.75) is 105 Å². The number of hydrogen-bond acceptors (Lipinski definition) is 2. The van der Waals surface area contributed by atoms with Crippen LogP contribution < -0.4 is 5.32 Å². The van der Waals surface area contributed by atoms with Gasteiger partial charge >= 0.3 is 0 Å². The fourth-order valence-electron chi connectivity index (χ4n) is 4.63. The van der Waals surface area contributed by atoms with Crippen LogP contribution in [0.1, 0.15) is 75.2 Å². The van der Waals surface area contributed by atoms with E-state index < -0.39 is 0 Å². The molecule has 4 atom stereocenters. The van der Waals surface area contributed by atoms with Crippen molar-refractivity contribution in [2.24, 2.45) is 11.8 Å². The van der Waals surface area contributed by atoms with Crippen LogP contribution >= 0.6 is 0 Å². The van der Waals surface area contributed by atoms with Crippen molar-refractivity contribution >= 4 is 0 Å². The molecule has 0 saturated carbocycles. The molecule has 0 spiro atoms. The summed E-state index contributed by atoms with van der Waals surface area (Å²) < 4.78 is 0. The van der Waals surface area contributed by atoms with Gasteiger partial charge < -0.3 is 5.32 Å². The number of nitrogens with one attached hydrogen (secondary N) is 1. The molecule has 1 heterocycles. The minimum Gasteiger partial charge on any atom is -0.311 e. The van der Waals surface area contributed by atoms with Gasteiger partial charge in [-0.05, 0) is 59.3 Å². The van der Waals surface area contributed by atoms with Gasteiger partial charge in [0.15, 0.2) is 0 Å². The first-order valence-electron chi connectivity index (χ1n) is 8.58. The molecule has 2 heteroatoms. The maximum Gasteiger partial charge on any atom is 0.0130 e. The Morgan fingerprint density at radius 3 is 1.60 bits per heavy atom. The lowest BCUT2D eigenvalue weighted by molar-refractivity contribution is 0.00521. The summed E-state index contributed by atoms with van der Waals surface area (Å²) in [4.78, 5) is 2.74. The van der Waals surface area contributed by atoms with Crippen molar-refractivity contribution in [3.8, 4) is 0 Å². The molecule has 0 aliphatic carbocycles. The van der Waals surface area contributed by atoms with Crippen molar-refractivity contribution in [3.05, 3.63) is 0 Å². The third-order valence-corrected chi connectivity index (χ3v) is 4.90. The highest BCUT2D eigenvalue weighted by molar-refractivity contribution is 4.93. The van der Waals surface area contributed by atoms with Crippen LogP contribution in [0.3, 0.4) is 0 Å².